The van der Waals surface area contributed by atoms with Gasteiger partial charge >= 0.3 is 0 Å². The van der Waals surface area contributed by atoms with Crippen LogP contribution < -0.4 is 0 Å². The molecule has 0 spiro atoms. The molecule has 2 nitrogen and oxygen atoms in total. The number of methoxy groups -OCH3 is 1. The van der Waals surface area contributed by atoms with Gasteiger partial charge < -0.3 is 4.74 Å². The van der Waals surface area contributed by atoms with E-state index < -0.39 is 0 Å². The maximum absolute atomic E-state index is 11.4. The topological polar surface area (TPSA) is 26.3 Å². The molecule has 0 fully saturated rings. The van der Waals surface area contributed by atoms with Crippen molar-refractivity contribution >= 4 is 5.78 Å². The second kappa shape index (κ2) is 5.55. The lowest BCUT2D eigenvalue weighted by Crippen LogP contribution is -2.18. The molecule has 0 bridgehead atoms. The minimum atomic E-state index is 0.0392. The van der Waals surface area contributed by atoms with Crippen molar-refractivity contribution in [1.82, 2.24) is 0 Å². The van der Waals surface area contributed by atoms with Crippen LogP contribution in [-0.2, 0) is 16.0 Å². The predicted molar refractivity (Wildman–Crippen MR) is 56.2 cm³/mol. The zero-order valence-electron chi connectivity index (χ0n) is 8.69. The monoisotopic (exact) mass is 192 g/mol. The normalized spacial score (nSPS) is 12.4. The van der Waals surface area contributed by atoms with E-state index in [0.29, 0.717) is 0 Å². The molecule has 0 N–H and O–H groups in total. The molecule has 0 saturated heterocycles. The molecule has 0 aliphatic carbocycles. The molecule has 1 aromatic carbocycles. The van der Waals surface area contributed by atoms with Crippen LogP contribution in [0.2, 0.25) is 0 Å². The van der Waals surface area contributed by atoms with Gasteiger partial charge in [0.1, 0.15) is 6.61 Å². The molecule has 0 aliphatic rings. The number of benzene rings is 1. The minimum absolute atomic E-state index is 0.0392. The third kappa shape index (κ3) is 3.30. The maximum Gasteiger partial charge on any atom is 0.161 e. The lowest BCUT2D eigenvalue weighted by Gasteiger charge is -2.09. The Hall–Kier alpha value is -1.15. The van der Waals surface area contributed by atoms with E-state index in [-0.39, 0.29) is 18.3 Å². The number of carbonyl (C=O) groups excluding carboxylic acids is 1. The van der Waals surface area contributed by atoms with Crippen molar-refractivity contribution < 1.29 is 9.53 Å². The number of ketones is 1. The van der Waals surface area contributed by atoms with Gasteiger partial charge in [0.2, 0.25) is 0 Å². The Labute approximate surface area is 84.9 Å². The summed E-state index contributed by atoms with van der Waals surface area (Å²) in [4.78, 5) is 11.4. The summed E-state index contributed by atoms with van der Waals surface area (Å²) in [5.41, 5.74) is 1.20. The fraction of sp³-hybridized carbons (Fsp3) is 0.417. The van der Waals surface area contributed by atoms with Gasteiger partial charge in [0.15, 0.2) is 5.78 Å². The molecule has 2 heteroatoms. The molecule has 0 radical (unpaired) electrons. The Morgan fingerprint density at radius 1 is 1.36 bits per heavy atom. The molecule has 0 amide bonds. The van der Waals surface area contributed by atoms with E-state index in [2.05, 4.69) is 0 Å². The van der Waals surface area contributed by atoms with Gasteiger partial charge in [-0.2, -0.15) is 0 Å². The largest absolute Gasteiger partial charge is 0.377 e. The SMILES string of the molecule is COCC(=O)C(C)Cc1ccccc1. The number of hydrogen-bond acceptors (Lipinski definition) is 2. The third-order valence-electron chi connectivity index (χ3n) is 2.22. The van der Waals surface area contributed by atoms with Crippen molar-refractivity contribution in [3.8, 4) is 0 Å². The van der Waals surface area contributed by atoms with Crippen LogP contribution >= 0.6 is 0 Å². The van der Waals surface area contributed by atoms with Crippen molar-refractivity contribution in [2.75, 3.05) is 13.7 Å². The second-order valence-electron chi connectivity index (χ2n) is 3.49. The molecule has 1 atom stereocenters. The number of carbonyl (C=O) groups is 1. The first-order chi connectivity index (χ1) is 6.74. The van der Waals surface area contributed by atoms with E-state index in [1.165, 1.54) is 5.56 Å². The van der Waals surface area contributed by atoms with Gasteiger partial charge in [-0.15, -0.1) is 0 Å². The summed E-state index contributed by atoms with van der Waals surface area (Å²) in [6.45, 7) is 2.16. The van der Waals surface area contributed by atoms with Gasteiger partial charge in [-0.1, -0.05) is 37.3 Å². The summed E-state index contributed by atoms with van der Waals surface area (Å²) in [6.07, 6.45) is 0.795. The molecule has 76 valence electrons. The van der Waals surface area contributed by atoms with Crippen LogP contribution in [-0.4, -0.2) is 19.5 Å². The summed E-state index contributed by atoms with van der Waals surface area (Å²) in [5.74, 6) is 0.203. The first-order valence-corrected chi connectivity index (χ1v) is 4.79. The van der Waals surface area contributed by atoms with Gasteiger partial charge in [0.25, 0.3) is 0 Å². The standard InChI is InChI=1S/C12H16O2/c1-10(12(13)9-14-2)8-11-6-4-3-5-7-11/h3-7,10H,8-9H2,1-2H3. The first kappa shape index (κ1) is 10.9. The van der Waals surface area contributed by atoms with E-state index in [9.17, 15) is 4.79 Å². The fourth-order valence-corrected chi connectivity index (χ4v) is 1.37. The third-order valence-corrected chi connectivity index (χ3v) is 2.22. The Morgan fingerprint density at radius 3 is 2.57 bits per heavy atom. The average molecular weight is 192 g/mol. The van der Waals surface area contributed by atoms with Crippen LogP contribution in [0.4, 0.5) is 0 Å². The maximum atomic E-state index is 11.4. The molecule has 1 unspecified atom stereocenters. The molecular formula is C12H16O2. The molecular weight excluding hydrogens is 176 g/mol. The highest BCUT2D eigenvalue weighted by atomic mass is 16.5. The van der Waals surface area contributed by atoms with Crippen LogP contribution in [0.15, 0.2) is 30.3 Å². The Balaban J connectivity index is 2.49. The molecule has 0 aliphatic heterocycles. The highest BCUT2D eigenvalue weighted by Gasteiger charge is 2.12. The van der Waals surface area contributed by atoms with Gasteiger partial charge in [-0.05, 0) is 12.0 Å². The zero-order chi connectivity index (χ0) is 10.4. The zero-order valence-corrected chi connectivity index (χ0v) is 8.69. The molecule has 1 rings (SSSR count). The molecule has 1 aromatic rings. The van der Waals surface area contributed by atoms with Crippen molar-refractivity contribution in [3.63, 3.8) is 0 Å². The number of rotatable bonds is 5. The fourth-order valence-electron chi connectivity index (χ4n) is 1.37. The van der Waals surface area contributed by atoms with Crippen LogP contribution in [0.5, 0.6) is 0 Å². The number of ether oxygens (including phenoxy) is 1. The minimum Gasteiger partial charge on any atom is -0.377 e. The summed E-state index contributed by atoms with van der Waals surface area (Å²) in [5, 5.41) is 0. The van der Waals surface area contributed by atoms with Crippen LogP contribution in [0.25, 0.3) is 0 Å². The molecule has 0 saturated carbocycles. The van der Waals surface area contributed by atoms with Crippen LogP contribution in [0.3, 0.4) is 0 Å². The Morgan fingerprint density at radius 2 is 2.00 bits per heavy atom. The molecule has 14 heavy (non-hydrogen) atoms. The summed E-state index contributed by atoms with van der Waals surface area (Å²) < 4.78 is 4.81. The Kier molecular flexibility index (Phi) is 4.33. The smallest absolute Gasteiger partial charge is 0.161 e. The lowest BCUT2D eigenvalue weighted by atomic mass is 9.97. The highest BCUT2D eigenvalue weighted by Crippen LogP contribution is 2.08. The van der Waals surface area contributed by atoms with Gasteiger partial charge in [-0.3, -0.25) is 4.79 Å². The second-order valence-corrected chi connectivity index (χ2v) is 3.49. The number of Topliss-reactive ketones (excluding diaryl/α,β-unsaturated/α-hetero) is 1. The quantitative estimate of drug-likeness (QED) is 0.714. The van der Waals surface area contributed by atoms with Crippen molar-refractivity contribution in [1.29, 1.82) is 0 Å². The summed E-state index contributed by atoms with van der Waals surface area (Å²) >= 11 is 0. The summed E-state index contributed by atoms with van der Waals surface area (Å²) in [6, 6.07) is 10.0. The van der Waals surface area contributed by atoms with Crippen LogP contribution in [0.1, 0.15) is 12.5 Å². The predicted octanol–water partition coefficient (Wildman–Crippen LogP) is 2.08. The van der Waals surface area contributed by atoms with E-state index >= 15 is 0 Å². The van der Waals surface area contributed by atoms with Gasteiger partial charge in [-0.25, -0.2) is 0 Å². The van der Waals surface area contributed by atoms with E-state index in [4.69, 9.17) is 4.74 Å². The van der Waals surface area contributed by atoms with E-state index in [1.54, 1.807) is 7.11 Å². The van der Waals surface area contributed by atoms with Crippen molar-refractivity contribution in [2.45, 2.75) is 13.3 Å². The van der Waals surface area contributed by atoms with Crippen molar-refractivity contribution in [2.24, 2.45) is 5.92 Å². The molecule has 0 heterocycles. The van der Waals surface area contributed by atoms with Crippen molar-refractivity contribution in [3.05, 3.63) is 35.9 Å². The first-order valence-electron chi connectivity index (χ1n) is 4.79. The van der Waals surface area contributed by atoms with E-state index in [0.717, 1.165) is 6.42 Å². The highest BCUT2D eigenvalue weighted by molar-refractivity contribution is 5.82. The van der Waals surface area contributed by atoms with Gasteiger partial charge in [0, 0.05) is 13.0 Å². The summed E-state index contributed by atoms with van der Waals surface area (Å²) in [7, 11) is 1.55. The number of hydrogen-bond donors (Lipinski definition) is 0. The lowest BCUT2D eigenvalue weighted by molar-refractivity contribution is -0.126. The van der Waals surface area contributed by atoms with Crippen LogP contribution in [0, 0.1) is 5.92 Å². The average Bonchev–Trinajstić information content (AvgIpc) is 2.19. The van der Waals surface area contributed by atoms with E-state index in [1.807, 2.05) is 37.3 Å². The molecule has 0 aromatic heterocycles. The Bertz CT molecular complexity index is 280. The van der Waals surface area contributed by atoms with Gasteiger partial charge in [0.05, 0.1) is 0 Å².